The molecule has 1 aliphatic rings. The number of rotatable bonds is 2. The smallest absolute Gasteiger partial charge is 0.145 e. The number of nitrogens with zero attached hydrogens (tertiary/aromatic N) is 1. The van der Waals surface area contributed by atoms with E-state index in [9.17, 15) is 0 Å². The summed E-state index contributed by atoms with van der Waals surface area (Å²) >= 11 is 5.88. The number of pyridine rings is 1. The van der Waals surface area contributed by atoms with Gasteiger partial charge in [-0.15, -0.1) is 0 Å². The van der Waals surface area contributed by atoms with Gasteiger partial charge in [0.2, 0.25) is 0 Å². The third-order valence-electron chi connectivity index (χ3n) is 1.92. The molecule has 1 aliphatic carbocycles. The first-order valence-corrected chi connectivity index (χ1v) is 4.28. The van der Waals surface area contributed by atoms with Crippen LogP contribution < -0.4 is 11.1 Å². The van der Waals surface area contributed by atoms with Crippen molar-refractivity contribution in [1.29, 1.82) is 0 Å². The number of hydrogen-bond donors (Lipinski definition) is 2. The van der Waals surface area contributed by atoms with Crippen LogP contribution in [0.25, 0.3) is 0 Å². The molecule has 0 radical (unpaired) electrons. The minimum atomic E-state index is 0.267. The van der Waals surface area contributed by atoms with Crippen LogP contribution in [0.2, 0.25) is 5.02 Å². The van der Waals surface area contributed by atoms with Gasteiger partial charge in [0.05, 0.1) is 5.02 Å². The van der Waals surface area contributed by atoms with Gasteiger partial charge in [-0.1, -0.05) is 11.6 Å². The Hall–Kier alpha value is -0.800. The first-order chi connectivity index (χ1) is 5.77. The van der Waals surface area contributed by atoms with Crippen molar-refractivity contribution in [3.05, 3.63) is 23.4 Å². The van der Waals surface area contributed by atoms with Crippen LogP contribution >= 0.6 is 11.6 Å². The van der Waals surface area contributed by atoms with Gasteiger partial charge in [0.1, 0.15) is 5.82 Å². The second kappa shape index (κ2) is 2.92. The van der Waals surface area contributed by atoms with Gasteiger partial charge in [-0.3, -0.25) is 0 Å². The summed E-state index contributed by atoms with van der Waals surface area (Å²) in [6, 6.07) is 4.24. The van der Waals surface area contributed by atoms with E-state index in [0.717, 1.165) is 12.2 Å². The van der Waals surface area contributed by atoms with Crippen LogP contribution in [0.4, 0.5) is 5.82 Å². The molecule has 0 bridgehead atoms. The van der Waals surface area contributed by atoms with Gasteiger partial charge in [-0.25, -0.2) is 4.98 Å². The van der Waals surface area contributed by atoms with Crippen molar-refractivity contribution in [2.45, 2.75) is 18.5 Å². The molecule has 2 unspecified atom stereocenters. The van der Waals surface area contributed by atoms with E-state index in [2.05, 4.69) is 10.3 Å². The van der Waals surface area contributed by atoms with E-state index in [1.165, 1.54) is 0 Å². The number of halogens is 1. The average molecular weight is 184 g/mol. The lowest BCUT2D eigenvalue weighted by Crippen LogP contribution is -2.14. The molecule has 0 aliphatic heterocycles. The predicted octanol–water partition coefficient (Wildman–Crippen LogP) is 1.25. The Labute approximate surface area is 75.9 Å². The molecule has 1 aromatic rings. The Morgan fingerprint density at radius 3 is 3.00 bits per heavy atom. The monoisotopic (exact) mass is 183 g/mol. The molecule has 12 heavy (non-hydrogen) atoms. The van der Waals surface area contributed by atoms with Crippen molar-refractivity contribution in [2.75, 3.05) is 5.32 Å². The molecule has 1 saturated carbocycles. The fourth-order valence-corrected chi connectivity index (χ4v) is 1.22. The standard InChI is InChI=1S/C8H10ClN3/c9-5-2-1-3-11-8(5)12-7-4-6(7)10/h1-3,6-7H,4,10H2,(H,11,12). The van der Waals surface area contributed by atoms with E-state index in [1.54, 1.807) is 12.3 Å². The SMILES string of the molecule is NC1CC1Nc1ncccc1Cl. The molecule has 0 saturated heterocycles. The average Bonchev–Trinajstić information content (AvgIpc) is 2.72. The highest BCUT2D eigenvalue weighted by Gasteiger charge is 2.33. The zero-order valence-corrected chi connectivity index (χ0v) is 7.25. The Kier molecular flexibility index (Phi) is 1.90. The van der Waals surface area contributed by atoms with Crippen LogP contribution in [0.15, 0.2) is 18.3 Å². The first-order valence-electron chi connectivity index (χ1n) is 3.90. The summed E-state index contributed by atoms with van der Waals surface area (Å²) in [5, 5.41) is 3.82. The van der Waals surface area contributed by atoms with Gasteiger partial charge in [0.15, 0.2) is 0 Å². The fourth-order valence-electron chi connectivity index (χ4n) is 1.05. The van der Waals surface area contributed by atoms with Gasteiger partial charge in [0, 0.05) is 18.3 Å². The van der Waals surface area contributed by atoms with E-state index in [1.807, 2.05) is 6.07 Å². The zero-order chi connectivity index (χ0) is 8.55. The molecule has 3 N–H and O–H groups in total. The largest absolute Gasteiger partial charge is 0.364 e. The molecule has 3 nitrogen and oxygen atoms in total. The highest BCUT2D eigenvalue weighted by atomic mass is 35.5. The number of aromatic nitrogens is 1. The number of nitrogens with two attached hydrogens (primary N) is 1. The molecule has 1 fully saturated rings. The lowest BCUT2D eigenvalue weighted by atomic mass is 10.4. The van der Waals surface area contributed by atoms with Crippen LogP contribution in [-0.4, -0.2) is 17.1 Å². The molecule has 0 spiro atoms. The molecule has 1 heterocycles. The van der Waals surface area contributed by atoms with Crippen LogP contribution in [-0.2, 0) is 0 Å². The summed E-state index contributed by atoms with van der Waals surface area (Å²) in [5.41, 5.74) is 5.63. The Bertz CT molecular complexity index is 289. The topological polar surface area (TPSA) is 50.9 Å². The maximum Gasteiger partial charge on any atom is 0.145 e. The van der Waals surface area contributed by atoms with E-state index in [-0.39, 0.29) is 6.04 Å². The highest BCUT2D eigenvalue weighted by molar-refractivity contribution is 6.32. The van der Waals surface area contributed by atoms with E-state index in [4.69, 9.17) is 17.3 Å². The highest BCUT2D eigenvalue weighted by Crippen LogP contribution is 2.26. The number of anilines is 1. The van der Waals surface area contributed by atoms with Gasteiger partial charge in [-0.05, 0) is 18.6 Å². The second-order valence-corrected chi connectivity index (χ2v) is 3.39. The van der Waals surface area contributed by atoms with Crippen molar-refractivity contribution >= 4 is 17.4 Å². The van der Waals surface area contributed by atoms with E-state index >= 15 is 0 Å². The van der Waals surface area contributed by atoms with Crippen molar-refractivity contribution in [2.24, 2.45) is 5.73 Å². The Morgan fingerprint density at radius 2 is 2.42 bits per heavy atom. The third kappa shape index (κ3) is 1.52. The van der Waals surface area contributed by atoms with Crippen LogP contribution in [0, 0.1) is 0 Å². The summed E-state index contributed by atoms with van der Waals surface area (Å²) in [4.78, 5) is 4.09. The first kappa shape index (κ1) is 7.83. The lowest BCUT2D eigenvalue weighted by Gasteiger charge is -2.04. The van der Waals surface area contributed by atoms with Crippen molar-refractivity contribution in [3.63, 3.8) is 0 Å². The number of hydrogen-bond acceptors (Lipinski definition) is 3. The van der Waals surface area contributed by atoms with Gasteiger partial charge >= 0.3 is 0 Å². The number of nitrogens with one attached hydrogen (secondary N) is 1. The van der Waals surface area contributed by atoms with Crippen molar-refractivity contribution in [1.82, 2.24) is 4.98 Å². The normalized spacial score (nSPS) is 26.8. The van der Waals surface area contributed by atoms with E-state index in [0.29, 0.717) is 11.1 Å². The molecule has 0 aromatic carbocycles. The quantitative estimate of drug-likeness (QED) is 0.726. The van der Waals surface area contributed by atoms with Crippen molar-refractivity contribution < 1.29 is 0 Å². The molecular weight excluding hydrogens is 174 g/mol. The molecule has 64 valence electrons. The van der Waals surface area contributed by atoms with Gasteiger partial charge < -0.3 is 11.1 Å². The van der Waals surface area contributed by atoms with Gasteiger partial charge in [0.25, 0.3) is 0 Å². The molecule has 4 heteroatoms. The zero-order valence-electron chi connectivity index (χ0n) is 6.50. The molecule has 1 aromatic heterocycles. The van der Waals surface area contributed by atoms with Crippen LogP contribution in [0.1, 0.15) is 6.42 Å². The van der Waals surface area contributed by atoms with Crippen LogP contribution in [0.3, 0.4) is 0 Å². The third-order valence-corrected chi connectivity index (χ3v) is 2.23. The Morgan fingerprint density at radius 1 is 1.67 bits per heavy atom. The minimum absolute atomic E-state index is 0.267. The van der Waals surface area contributed by atoms with Crippen molar-refractivity contribution in [3.8, 4) is 0 Å². The second-order valence-electron chi connectivity index (χ2n) is 2.98. The predicted molar refractivity (Wildman–Crippen MR) is 49.3 cm³/mol. The molecule has 2 atom stereocenters. The van der Waals surface area contributed by atoms with Crippen LogP contribution in [0.5, 0.6) is 0 Å². The molecule has 2 rings (SSSR count). The summed E-state index contributed by atoms with van der Waals surface area (Å²) < 4.78 is 0. The van der Waals surface area contributed by atoms with E-state index < -0.39 is 0 Å². The maximum absolute atomic E-state index is 5.88. The summed E-state index contributed by atoms with van der Waals surface area (Å²) in [6.07, 6.45) is 2.72. The minimum Gasteiger partial charge on any atom is -0.364 e. The summed E-state index contributed by atoms with van der Waals surface area (Å²) in [7, 11) is 0. The molecule has 0 amide bonds. The fraction of sp³-hybridized carbons (Fsp3) is 0.375. The van der Waals surface area contributed by atoms with Gasteiger partial charge in [-0.2, -0.15) is 0 Å². The lowest BCUT2D eigenvalue weighted by molar-refractivity contribution is 0.996. The summed E-state index contributed by atoms with van der Waals surface area (Å²) in [5.74, 6) is 0.733. The maximum atomic E-state index is 5.88. The Balaban J connectivity index is 2.08. The molecular formula is C8H10ClN3. The summed E-state index contributed by atoms with van der Waals surface area (Å²) in [6.45, 7) is 0.